The minimum absolute atomic E-state index is 0.936. The van der Waals surface area contributed by atoms with Crippen LogP contribution in [0.25, 0.3) is 0 Å². The lowest BCUT2D eigenvalue weighted by Gasteiger charge is -2.02. The number of hydrogen-bond donors (Lipinski definition) is 0. The molecule has 0 unspecified atom stereocenters. The van der Waals surface area contributed by atoms with Gasteiger partial charge in [-0.1, -0.05) is 31.2 Å². The standard InChI is InChI=1S/C11H12/c1-7-10-6-8-4-2-3-5-9(8)11(7)10/h2-5,7,10-11H,6H2,1H3/t7-,10+,11+/m0/s1. The molecule has 3 rings (SSSR count). The Bertz CT molecular complexity index is 301. The predicted molar refractivity (Wildman–Crippen MR) is 45.5 cm³/mol. The molecule has 56 valence electrons. The number of rotatable bonds is 0. The highest BCUT2D eigenvalue weighted by molar-refractivity contribution is 5.42. The van der Waals surface area contributed by atoms with Crippen molar-refractivity contribution in [3.8, 4) is 0 Å². The van der Waals surface area contributed by atoms with E-state index in [0.29, 0.717) is 0 Å². The van der Waals surface area contributed by atoms with E-state index in [0.717, 1.165) is 17.8 Å². The Morgan fingerprint density at radius 2 is 2.09 bits per heavy atom. The molecule has 11 heavy (non-hydrogen) atoms. The molecule has 1 saturated carbocycles. The van der Waals surface area contributed by atoms with Crippen LogP contribution < -0.4 is 0 Å². The first kappa shape index (κ1) is 5.82. The fraction of sp³-hybridized carbons (Fsp3) is 0.455. The first-order valence-electron chi connectivity index (χ1n) is 4.46. The van der Waals surface area contributed by atoms with Gasteiger partial charge in [-0.25, -0.2) is 0 Å². The summed E-state index contributed by atoms with van der Waals surface area (Å²) in [7, 11) is 0. The van der Waals surface area contributed by atoms with Gasteiger partial charge in [-0.2, -0.15) is 0 Å². The van der Waals surface area contributed by atoms with Gasteiger partial charge >= 0.3 is 0 Å². The summed E-state index contributed by atoms with van der Waals surface area (Å²) < 4.78 is 0. The summed E-state index contributed by atoms with van der Waals surface area (Å²) in [6.45, 7) is 2.38. The minimum atomic E-state index is 0.936. The van der Waals surface area contributed by atoms with E-state index < -0.39 is 0 Å². The summed E-state index contributed by atoms with van der Waals surface area (Å²) in [6, 6.07) is 8.93. The summed E-state index contributed by atoms with van der Waals surface area (Å²) in [4.78, 5) is 0. The summed E-state index contributed by atoms with van der Waals surface area (Å²) in [5.41, 5.74) is 3.26. The maximum Gasteiger partial charge on any atom is -0.00963 e. The van der Waals surface area contributed by atoms with Crippen molar-refractivity contribution in [2.45, 2.75) is 19.3 Å². The molecule has 0 heterocycles. The third-order valence-corrected chi connectivity index (χ3v) is 3.43. The fourth-order valence-corrected chi connectivity index (χ4v) is 2.67. The van der Waals surface area contributed by atoms with Gasteiger partial charge in [-0.15, -0.1) is 0 Å². The average molecular weight is 144 g/mol. The van der Waals surface area contributed by atoms with Crippen LogP contribution in [0.5, 0.6) is 0 Å². The second-order valence-corrected chi connectivity index (χ2v) is 3.95. The molecule has 0 aliphatic heterocycles. The van der Waals surface area contributed by atoms with Crippen molar-refractivity contribution in [3.05, 3.63) is 35.4 Å². The topological polar surface area (TPSA) is 0 Å². The van der Waals surface area contributed by atoms with E-state index in [1.807, 2.05) is 0 Å². The van der Waals surface area contributed by atoms with Crippen molar-refractivity contribution in [1.82, 2.24) is 0 Å². The zero-order valence-electron chi connectivity index (χ0n) is 6.75. The van der Waals surface area contributed by atoms with Gasteiger partial charge in [0.2, 0.25) is 0 Å². The molecule has 0 nitrogen and oxygen atoms in total. The minimum Gasteiger partial charge on any atom is -0.0620 e. The molecular weight excluding hydrogens is 132 g/mol. The highest BCUT2D eigenvalue weighted by atomic mass is 14.6. The molecule has 0 radical (unpaired) electrons. The second kappa shape index (κ2) is 1.69. The van der Waals surface area contributed by atoms with Crippen LogP contribution in [0, 0.1) is 11.8 Å². The van der Waals surface area contributed by atoms with Crippen LogP contribution in [0.2, 0.25) is 0 Å². The Kier molecular flexibility index (Phi) is 0.892. The molecular formula is C11H12. The highest BCUT2D eigenvalue weighted by Crippen LogP contribution is 2.60. The molecule has 1 aromatic carbocycles. The van der Waals surface area contributed by atoms with Crippen LogP contribution in [0.15, 0.2) is 24.3 Å². The third-order valence-electron chi connectivity index (χ3n) is 3.43. The summed E-state index contributed by atoms with van der Waals surface area (Å²) in [6.07, 6.45) is 1.35. The molecule has 0 bridgehead atoms. The quantitative estimate of drug-likeness (QED) is 0.525. The highest BCUT2D eigenvalue weighted by Gasteiger charge is 2.52. The molecule has 0 saturated heterocycles. The summed E-state index contributed by atoms with van der Waals surface area (Å²) in [5, 5.41) is 0. The van der Waals surface area contributed by atoms with Gasteiger partial charge in [0.1, 0.15) is 0 Å². The fourth-order valence-electron chi connectivity index (χ4n) is 2.67. The molecule has 0 aromatic heterocycles. The van der Waals surface area contributed by atoms with E-state index in [2.05, 4.69) is 31.2 Å². The largest absolute Gasteiger partial charge is 0.0620 e. The molecule has 0 amide bonds. The Hall–Kier alpha value is -0.780. The molecule has 1 aromatic rings. The van der Waals surface area contributed by atoms with Gasteiger partial charge in [-0.3, -0.25) is 0 Å². The Balaban J connectivity index is 2.13. The monoisotopic (exact) mass is 144 g/mol. The van der Waals surface area contributed by atoms with Crippen molar-refractivity contribution >= 4 is 0 Å². The SMILES string of the molecule is C[C@H]1[C@H]2Cc3ccccc3[C@@H]12. The molecule has 1 fully saturated rings. The van der Waals surface area contributed by atoms with Crippen LogP contribution in [0.4, 0.5) is 0 Å². The Morgan fingerprint density at radius 1 is 1.27 bits per heavy atom. The number of benzene rings is 1. The van der Waals surface area contributed by atoms with E-state index in [1.54, 1.807) is 11.1 Å². The lowest BCUT2D eigenvalue weighted by Crippen LogP contribution is -1.89. The molecule has 3 atom stereocenters. The van der Waals surface area contributed by atoms with Crippen LogP contribution >= 0.6 is 0 Å². The predicted octanol–water partition coefficient (Wildman–Crippen LogP) is 2.59. The zero-order chi connectivity index (χ0) is 7.42. The van der Waals surface area contributed by atoms with E-state index in [-0.39, 0.29) is 0 Å². The molecule has 2 aliphatic carbocycles. The lowest BCUT2D eigenvalue weighted by molar-refractivity contribution is 0.752. The first-order chi connectivity index (χ1) is 5.38. The molecule has 2 aliphatic rings. The smallest absolute Gasteiger partial charge is 0.00963 e. The van der Waals surface area contributed by atoms with Crippen molar-refractivity contribution in [2.75, 3.05) is 0 Å². The van der Waals surface area contributed by atoms with E-state index in [1.165, 1.54) is 6.42 Å². The second-order valence-electron chi connectivity index (χ2n) is 3.95. The van der Waals surface area contributed by atoms with Gasteiger partial charge < -0.3 is 0 Å². The Morgan fingerprint density at radius 3 is 3.00 bits per heavy atom. The number of hydrogen-bond acceptors (Lipinski definition) is 0. The normalized spacial score (nSPS) is 38.1. The summed E-state index contributed by atoms with van der Waals surface area (Å²) >= 11 is 0. The number of fused-ring (bicyclic) bond motifs is 3. The Labute approximate surface area is 67.2 Å². The maximum absolute atomic E-state index is 2.38. The average Bonchev–Trinajstić information content (AvgIpc) is 2.55. The molecule has 0 N–H and O–H groups in total. The maximum atomic E-state index is 2.38. The van der Waals surface area contributed by atoms with Crippen molar-refractivity contribution in [3.63, 3.8) is 0 Å². The third kappa shape index (κ3) is 0.604. The van der Waals surface area contributed by atoms with Gasteiger partial charge in [-0.05, 0) is 35.3 Å². The van der Waals surface area contributed by atoms with Crippen LogP contribution in [0.1, 0.15) is 24.0 Å². The molecule has 0 spiro atoms. The summed E-state index contributed by atoms with van der Waals surface area (Å²) in [5.74, 6) is 2.92. The van der Waals surface area contributed by atoms with E-state index >= 15 is 0 Å². The molecule has 0 heteroatoms. The van der Waals surface area contributed by atoms with Crippen LogP contribution in [0.3, 0.4) is 0 Å². The van der Waals surface area contributed by atoms with E-state index in [4.69, 9.17) is 0 Å². The van der Waals surface area contributed by atoms with Crippen LogP contribution in [-0.2, 0) is 6.42 Å². The van der Waals surface area contributed by atoms with Crippen molar-refractivity contribution in [1.29, 1.82) is 0 Å². The zero-order valence-corrected chi connectivity index (χ0v) is 6.75. The van der Waals surface area contributed by atoms with Gasteiger partial charge in [0.25, 0.3) is 0 Å². The van der Waals surface area contributed by atoms with Gasteiger partial charge in [0, 0.05) is 0 Å². The van der Waals surface area contributed by atoms with Crippen molar-refractivity contribution in [2.24, 2.45) is 11.8 Å². The van der Waals surface area contributed by atoms with Crippen LogP contribution in [-0.4, -0.2) is 0 Å². The van der Waals surface area contributed by atoms with E-state index in [9.17, 15) is 0 Å². The lowest BCUT2D eigenvalue weighted by atomic mass is 10.0. The van der Waals surface area contributed by atoms with Gasteiger partial charge in [0.15, 0.2) is 0 Å². The van der Waals surface area contributed by atoms with Crippen molar-refractivity contribution < 1.29 is 0 Å². The first-order valence-corrected chi connectivity index (χ1v) is 4.46. The van der Waals surface area contributed by atoms with Gasteiger partial charge in [0.05, 0.1) is 0 Å².